The van der Waals surface area contributed by atoms with E-state index in [2.05, 4.69) is 6.92 Å². The standard InChI is InChI=1S/C17H26ClNO2/c1-3-4-5-12-21-16-9-6-8-15(13-16)14-19(2)17(20)10-7-11-18/h6,8-9,13H,3-5,7,10-12,14H2,1-2H3. The van der Waals surface area contributed by atoms with E-state index >= 15 is 0 Å². The molecule has 0 spiro atoms. The zero-order chi connectivity index (χ0) is 15.5. The van der Waals surface area contributed by atoms with E-state index in [1.807, 2.05) is 31.3 Å². The normalized spacial score (nSPS) is 10.4. The van der Waals surface area contributed by atoms with Crippen LogP contribution >= 0.6 is 11.6 Å². The van der Waals surface area contributed by atoms with E-state index in [0.29, 0.717) is 18.8 Å². The number of hydrogen-bond donors (Lipinski definition) is 0. The number of benzene rings is 1. The van der Waals surface area contributed by atoms with Gasteiger partial charge in [-0.2, -0.15) is 0 Å². The van der Waals surface area contributed by atoms with Crippen LogP contribution in [0.15, 0.2) is 24.3 Å². The van der Waals surface area contributed by atoms with Crippen LogP contribution in [-0.2, 0) is 11.3 Å². The molecule has 0 bridgehead atoms. The molecule has 0 heterocycles. The highest BCUT2D eigenvalue weighted by molar-refractivity contribution is 6.17. The van der Waals surface area contributed by atoms with Crippen molar-refractivity contribution in [2.24, 2.45) is 0 Å². The van der Waals surface area contributed by atoms with Gasteiger partial charge in [-0.25, -0.2) is 0 Å². The highest BCUT2D eigenvalue weighted by Gasteiger charge is 2.09. The van der Waals surface area contributed by atoms with E-state index in [1.54, 1.807) is 4.90 Å². The summed E-state index contributed by atoms with van der Waals surface area (Å²) in [5, 5.41) is 0. The average molecular weight is 312 g/mol. The van der Waals surface area contributed by atoms with Crippen LogP contribution in [0, 0.1) is 0 Å². The van der Waals surface area contributed by atoms with Crippen molar-refractivity contribution in [3.8, 4) is 5.75 Å². The fourth-order valence-electron chi connectivity index (χ4n) is 2.05. The minimum atomic E-state index is 0.130. The quantitative estimate of drug-likeness (QED) is 0.478. The number of rotatable bonds is 10. The fourth-order valence-corrected chi connectivity index (χ4v) is 2.18. The molecule has 0 saturated heterocycles. The molecule has 0 aliphatic rings. The molecule has 1 amide bonds. The first-order valence-electron chi connectivity index (χ1n) is 7.69. The van der Waals surface area contributed by atoms with Gasteiger partial charge in [0.25, 0.3) is 0 Å². The Bertz CT molecular complexity index is 423. The van der Waals surface area contributed by atoms with Crippen molar-refractivity contribution < 1.29 is 9.53 Å². The lowest BCUT2D eigenvalue weighted by Gasteiger charge is -2.17. The number of ether oxygens (including phenoxy) is 1. The molecule has 0 aromatic heterocycles. The molecule has 0 unspecified atom stereocenters. The van der Waals surface area contributed by atoms with Gasteiger partial charge in [0.2, 0.25) is 5.91 Å². The van der Waals surface area contributed by atoms with Crippen molar-refractivity contribution in [2.75, 3.05) is 19.5 Å². The number of carbonyl (C=O) groups is 1. The SMILES string of the molecule is CCCCCOc1cccc(CN(C)C(=O)CCCCl)c1. The highest BCUT2D eigenvalue weighted by Crippen LogP contribution is 2.15. The Morgan fingerprint density at radius 2 is 2.10 bits per heavy atom. The maximum atomic E-state index is 11.9. The minimum Gasteiger partial charge on any atom is -0.494 e. The monoisotopic (exact) mass is 311 g/mol. The summed E-state index contributed by atoms with van der Waals surface area (Å²) < 4.78 is 5.73. The van der Waals surface area contributed by atoms with Gasteiger partial charge in [-0.05, 0) is 30.5 Å². The Labute approximate surface area is 133 Å². The smallest absolute Gasteiger partial charge is 0.222 e. The summed E-state index contributed by atoms with van der Waals surface area (Å²) in [6, 6.07) is 7.97. The Morgan fingerprint density at radius 3 is 2.81 bits per heavy atom. The molecule has 0 aliphatic heterocycles. The molecular formula is C17H26ClNO2. The van der Waals surface area contributed by atoms with Gasteiger partial charge in [-0.3, -0.25) is 4.79 Å². The van der Waals surface area contributed by atoms with Gasteiger partial charge in [0.1, 0.15) is 5.75 Å². The topological polar surface area (TPSA) is 29.5 Å². The number of alkyl halides is 1. The number of hydrogen-bond acceptors (Lipinski definition) is 2. The van der Waals surface area contributed by atoms with Gasteiger partial charge >= 0.3 is 0 Å². The van der Waals surface area contributed by atoms with E-state index in [9.17, 15) is 4.79 Å². The third-order valence-corrected chi connectivity index (χ3v) is 3.55. The summed E-state index contributed by atoms with van der Waals surface area (Å²) in [7, 11) is 1.82. The van der Waals surface area contributed by atoms with E-state index < -0.39 is 0 Å². The molecule has 0 fully saturated rings. The zero-order valence-electron chi connectivity index (χ0n) is 13.1. The van der Waals surface area contributed by atoms with Crippen molar-refractivity contribution in [1.82, 2.24) is 4.90 Å². The zero-order valence-corrected chi connectivity index (χ0v) is 13.9. The van der Waals surface area contributed by atoms with Gasteiger partial charge in [0.15, 0.2) is 0 Å². The summed E-state index contributed by atoms with van der Waals surface area (Å²) in [4.78, 5) is 13.6. The molecule has 4 heteroatoms. The van der Waals surface area contributed by atoms with Crippen molar-refractivity contribution in [2.45, 2.75) is 45.6 Å². The molecule has 0 N–H and O–H groups in total. The lowest BCUT2D eigenvalue weighted by atomic mass is 10.2. The Kier molecular flexibility index (Phi) is 8.91. The lowest BCUT2D eigenvalue weighted by Crippen LogP contribution is -2.25. The van der Waals surface area contributed by atoms with Crippen LogP contribution in [0.4, 0.5) is 0 Å². The molecule has 118 valence electrons. The molecule has 0 atom stereocenters. The number of halogens is 1. The Balaban J connectivity index is 2.46. The molecule has 0 radical (unpaired) electrons. The van der Waals surface area contributed by atoms with Crippen LogP contribution in [0.2, 0.25) is 0 Å². The van der Waals surface area contributed by atoms with Crippen LogP contribution in [-0.4, -0.2) is 30.3 Å². The van der Waals surface area contributed by atoms with E-state index in [-0.39, 0.29) is 5.91 Å². The van der Waals surface area contributed by atoms with Crippen molar-refractivity contribution in [3.63, 3.8) is 0 Å². The van der Waals surface area contributed by atoms with Crippen molar-refractivity contribution >= 4 is 17.5 Å². The molecule has 21 heavy (non-hydrogen) atoms. The first kappa shape index (κ1) is 17.8. The molecule has 3 nitrogen and oxygen atoms in total. The third-order valence-electron chi connectivity index (χ3n) is 3.28. The fraction of sp³-hybridized carbons (Fsp3) is 0.588. The van der Waals surface area contributed by atoms with Gasteiger partial charge in [0.05, 0.1) is 6.61 Å². The summed E-state index contributed by atoms with van der Waals surface area (Å²) in [5.41, 5.74) is 1.09. The van der Waals surface area contributed by atoms with E-state index in [1.165, 1.54) is 12.8 Å². The predicted octanol–water partition coefficient (Wildman–Crippen LogP) is 4.23. The number of amides is 1. The highest BCUT2D eigenvalue weighted by atomic mass is 35.5. The van der Waals surface area contributed by atoms with Crippen molar-refractivity contribution in [3.05, 3.63) is 29.8 Å². The van der Waals surface area contributed by atoms with Crippen LogP contribution in [0.1, 0.15) is 44.6 Å². The van der Waals surface area contributed by atoms with Gasteiger partial charge in [0, 0.05) is 25.9 Å². The van der Waals surface area contributed by atoms with E-state index in [0.717, 1.165) is 30.8 Å². The lowest BCUT2D eigenvalue weighted by molar-refractivity contribution is -0.130. The Hall–Kier alpha value is -1.22. The first-order chi connectivity index (χ1) is 10.2. The minimum absolute atomic E-state index is 0.130. The van der Waals surface area contributed by atoms with Crippen molar-refractivity contribution in [1.29, 1.82) is 0 Å². The predicted molar refractivity (Wildman–Crippen MR) is 87.9 cm³/mol. The number of carbonyl (C=O) groups excluding carboxylic acids is 1. The molecule has 0 aliphatic carbocycles. The van der Waals surface area contributed by atoms with Crippen LogP contribution in [0.5, 0.6) is 5.75 Å². The second kappa shape index (κ2) is 10.5. The number of unbranched alkanes of at least 4 members (excludes halogenated alkanes) is 2. The largest absolute Gasteiger partial charge is 0.494 e. The average Bonchev–Trinajstić information content (AvgIpc) is 2.49. The summed E-state index contributed by atoms with van der Waals surface area (Å²) in [6.45, 7) is 3.53. The number of nitrogens with zero attached hydrogens (tertiary/aromatic N) is 1. The molecule has 0 saturated carbocycles. The first-order valence-corrected chi connectivity index (χ1v) is 8.22. The molecule has 1 rings (SSSR count). The van der Waals surface area contributed by atoms with Gasteiger partial charge in [-0.15, -0.1) is 11.6 Å². The van der Waals surface area contributed by atoms with Crippen LogP contribution in [0.25, 0.3) is 0 Å². The summed E-state index contributed by atoms with van der Waals surface area (Å²) >= 11 is 5.61. The van der Waals surface area contributed by atoms with Crippen LogP contribution < -0.4 is 4.74 Å². The van der Waals surface area contributed by atoms with Gasteiger partial charge < -0.3 is 9.64 Å². The molecule has 1 aromatic carbocycles. The second-order valence-corrected chi connectivity index (χ2v) is 5.62. The Morgan fingerprint density at radius 1 is 1.29 bits per heavy atom. The summed E-state index contributed by atoms with van der Waals surface area (Å²) in [5.74, 6) is 1.54. The molecular weight excluding hydrogens is 286 g/mol. The maximum Gasteiger partial charge on any atom is 0.222 e. The summed E-state index contributed by atoms with van der Waals surface area (Å²) in [6.07, 6.45) is 4.70. The van der Waals surface area contributed by atoms with Crippen LogP contribution in [0.3, 0.4) is 0 Å². The van der Waals surface area contributed by atoms with Gasteiger partial charge in [-0.1, -0.05) is 31.9 Å². The maximum absolute atomic E-state index is 11.9. The third kappa shape index (κ3) is 7.37. The second-order valence-electron chi connectivity index (χ2n) is 5.25. The van der Waals surface area contributed by atoms with E-state index in [4.69, 9.17) is 16.3 Å². The molecule has 1 aromatic rings.